The molecule has 2 fully saturated rings. The largest absolute Gasteiger partial charge is 0.434 e. The van der Waals surface area contributed by atoms with E-state index in [0.29, 0.717) is 31.2 Å². The minimum absolute atomic E-state index is 0.0762. The van der Waals surface area contributed by atoms with Crippen molar-refractivity contribution < 1.29 is 24.0 Å². The Morgan fingerprint density at radius 3 is 2.52 bits per heavy atom. The van der Waals surface area contributed by atoms with Crippen LogP contribution in [0.5, 0.6) is 0 Å². The second-order valence-corrected chi connectivity index (χ2v) is 5.59. The number of carbonyl (C=O) groups excluding carboxylic acids is 3. The van der Waals surface area contributed by atoms with Gasteiger partial charge < -0.3 is 14.5 Å². The number of hydrogen-bond donors (Lipinski definition) is 0. The van der Waals surface area contributed by atoms with Gasteiger partial charge in [-0.2, -0.15) is 0 Å². The molecule has 7 nitrogen and oxygen atoms in total. The van der Waals surface area contributed by atoms with E-state index in [-0.39, 0.29) is 18.9 Å². The normalized spacial score (nSPS) is 21.1. The number of imide groups is 1. The van der Waals surface area contributed by atoms with Gasteiger partial charge in [0.1, 0.15) is 0 Å². The first-order valence-corrected chi connectivity index (χ1v) is 7.61. The number of benzene rings is 1. The van der Waals surface area contributed by atoms with Crippen LogP contribution in [0.2, 0.25) is 0 Å². The summed E-state index contributed by atoms with van der Waals surface area (Å²) in [5, 5.41) is 0.570. The molecule has 2 saturated heterocycles. The highest BCUT2D eigenvalue weighted by Crippen LogP contribution is 2.18. The summed E-state index contributed by atoms with van der Waals surface area (Å²) in [7, 11) is 0. The molecule has 7 heteroatoms. The Balaban J connectivity index is 1.46. The topological polar surface area (TPSA) is 76.2 Å². The molecule has 0 bridgehead atoms. The average Bonchev–Trinajstić information content (AvgIpc) is 3.16. The SMILES string of the molecule is O=C(ON1C(=O)CCC1=O)N1CC[C@H](OCc2ccccc2)C1. The molecule has 3 rings (SSSR count). The van der Waals surface area contributed by atoms with Crippen molar-refractivity contribution in [3.05, 3.63) is 35.9 Å². The van der Waals surface area contributed by atoms with Gasteiger partial charge in [0.25, 0.3) is 11.8 Å². The lowest BCUT2D eigenvalue weighted by Gasteiger charge is -2.19. The van der Waals surface area contributed by atoms with E-state index in [4.69, 9.17) is 9.57 Å². The van der Waals surface area contributed by atoms with Crippen LogP contribution in [0.15, 0.2) is 30.3 Å². The predicted octanol–water partition coefficient (Wildman–Crippen LogP) is 1.48. The van der Waals surface area contributed by atoms with Gasteiger partial charge >= 0.3 is 6.09 Å². The molecule has 2 heterocycles. The molecule has 2 aliphatic heterocycles. The van der Waals surface area contributed by atoms with Gasteiger partial charge in [-0.25, -0.2) is 4.79 Å². The molecule has 0 unspecified atom stereocenters. The summed E-state index contributed by atoms with van der Waals surface area (Å²) < 4.78 is 5.78. The third kappa shape index (κ3) is 3.68. The van der Waals surface area contributed by atoms with Crippen LogP contribution in [-0.2, 0) is 25.8 Å². The van der Waals surface area contributed by atoms with E-state index in [1.165, 1.54) is 4.90 Å². The number of carbonyl (C=O) groups is 3. The number of rotatable bonds is 4. The van der Waals surface area contributed by atoms with Crippen molar-refractivity contribution >= 4 is 17.9 Å². The first-order chi connectivity index (χ1) is 11.1. The first kappa shape index (κ1) is 15.5. The Bertz CT molecular complexity index is 588. The second-order valence-electron chi connectivity index (χ2n) is 5.59. The summed E-state index contributed by atoms with van der Waals surface area (Å²) in [6.07, 6.45) is 0.125. The first-order valence-electron chi connectivity index (χ1n) is 7.61. The van der Waals surface area contributed by atoms with Crippen LogP contribution >= 0.6 is 0 Å². The van der Waals surface area contributed by atoms with Crippen LogP contribution in [0.3, 0.4) is 0 Å². The van der Waals surface area contributed by atoms with Crippen molar-refractivity contribution in [2.75, 3.05) is 13.1 Å². The number of hydrogen-bond acceptors (Lipinski definition) is 5. The van der Waals surface area contributed by atoms with Gasteiger partial charge in [0.15, 0.2) is 0 Å². The Morgan fingerprint density at radius 2 is 1.83 bits per heavy atom. The summed E-state index contributed by atoms with van der Waals surface area (Å²) in [5.41, 5.74) is 1.07. The van der Waals surface area contributed by atoms with Crippen LogP contribution < -0.4 is 0 Å². The molecular weight excluding hydrogens is 300 g/mol. The molecule has 122 valence electrons. The molecule has 0 saturated carbocycles. The van der Waals surface area contributed by atoms with Gasteiger partial charge in [-0.05, 0) is 12.0 Å². The van der Waals surface area contributed by atoms with Gasteiger partial charge in [-0.3, -0.25) is 9.59 Å². The van der Waals surface area contributed by atoms with E-state index >= 15 is 0 Å². The quantitative estimate of drug-likeness (QED) is 0.786. The highest BCUT2D eigenvalue weighted by atomic mass is 16.7. The molecule has 1 aromatic carbocycles. The van der Waals surface area contributed by atoms with Gasteiger partial charge in [0, 0.05) is 19.4 Å². The fraction of sp³-hybridized carbons (Fsp3) is 0.438. The maximum absolute atomic E-state index is 12.0. The summed E-state index contributed by atoms with van der Waals surface area (Å²) in [4.78, 5) is 41.3. The van der Waals surface area contributed by atoms with Gasteiger partial charge in [0.2, 0.25) is 0 Å². The molecule has 0 radical (unpaired) electrons. The standard InChI is InChI=1S/C16H18N2O5/c19-14-6-7-15(20)18(14)23-16(21)17-9-8-13(10-17)22-11-12-4-2-1-3-5-12/h1-5,13H,6-11H2/t13-/m0/s1. The van der Waals surface area contributed by atoms with E-state index in [2.05, 4.69) is 0 Å². The molecule has 0 spiro atoms. The third-order valence-corrected chi connectivity index (χ3v) is 3.91. The molecule has 23 heavy (non-hydrogen) atoms. The van der Waals surface area contributed by atoms with E-state index in [1.807, 2.05) is 30.3 Å². The average molecular weight is 318 g/mol. The lowest BCUT2D eigenvalue weighted by Crippen LogP contribution is -2.39. The van der Waals surface area contributed by atoms with Gasteiger partial charge in [0.05, 0.1) is 19.3 Å². The van der Waals surface area contributed by atoms with E-state index in [1.54, 1.807) is 0 Å². The minimum atomic E-state index is -0.681. The van der Waals surface area contributed by atoms with E-state index in [0.717, 1.165) is 5.56 Å². The molecule has 1 atom stereocenters. The van der Waals surface area contributed by atoms with Crippen molar-refractivity contribution in [3.8, 4) is 0 Å². The molecule has 0 aromatic heterocycles. The molecule has 2 aliphatic rings. The molecule has 0 N–H and O–H groups in total. The Labute approximate surface area is 133 Å². The third-order valence-electron chi connectivity index (χ3n) is 3.91. The fourth-order valence-electron chi connectivity index (χ4n) is 2.61. The van der Waals surface area contributed by atoms with E-state index < -0.39 is 17.9 Å². The number of amides is 3. The molecule has 3 amide bonds. The highest BCUT2D eigenvalue weighted by molar-refractivity contribution is 6.01. The highest BCUT2D eigenvalue weighted by Gasteiger charge is 2.36. The smallest absolute Gasteiger partial charge is 0.372 e. The number of hydroxylamine groups is 2. The number of ether oxygens (including phenoxy) is 1. The minimum Gasteiger partial charge on any atom is -0.372 e. The molecule has 0 aliphatic carbocycles. The van der Waals surface area contributed by atoms with E-state index in [9.17, 15) is 14.4 Å². The Kier molecular flexibility index (Phi) is 4.57. The monoisotopic (exact) mass is 318 g/mol. The summed E-state index contributed by atoms with van der Waals surface area (Å²) in [5.74, 6) is -0.946. The van der Waals surface area contributed by atoms with Crippen molar-refractivity contribution in [2.45, 2.75) is 32.0 Å². The van der Waals surface area contributed by atoms with Crippen molar-refractivity contribution in [1.82, 2.24) is 9.96 Å². The van der Waals surface area contributed by atoms with Crippen molar-refractivity contribution in [1.29, 1.82) is 0 Å². The van der Waals surface area contributed by atoms with Crippen LogP contribution in [0.1, 0.15) is 24.8 Å². The maximum atomic E-state index is 12.0. The van der Waals surface area contributed by atoms with Crippen molar-refractivity contribution in [2.24, 2.45) is 0 Å². The lowest BCUT2D eigenvalue weighted by atomic mass is 10.2. The second kappa shape index (κ2) is 6.78. The summed E-state index contributed by atoms with van der Waals surface area (Å²) in [6.45, 7) is 1.36. The maximum Gasteiger partial charge on any atom is 0.434 e. The zero-order chi connectivity index (χ0) is 16.2. The predicted molar refractivity (Wildman–Crippen MR) is 78.8 cm³/mol. The number of nitrogens with zero attached hydrogens (tertiary/aromatic N) is 2. The van der Waals surface area contributed by atoms with Crippen LogP contribution in [-0.4, -0.2) is 47.1 Å². The zero-order valence-corrected chi connectivity index (χ0v) is 12.6. The summed E-state index contributed by atoms with van der Waals surface area (Å²) >= 11 is 0. The number of likely N-dealkylation sites (tertiary alicyclic amines) is 1. The van der Waals surface area contributed by atoms with Gasteiger partial charge in [-0.15, -0.1) is 5.06 Å². The van der Waals surface area contributed by atoms with Crippen LogP contribution in [0.4, 0.5) is 4.79 Å². The molecular formula is C16H18N2O5. The van der Waals surface area contributed by atoms with Gasteiger partial charge in [-0.1, -0.05) is 30.3 Å². The van der Waals surface area contributed by atoms with Crippen LogP contribution in [0.25, 0.3) is 0 Å². The van der Waals surface area contributed by atoms with Crippen LogP contribution in [0, 0.1) is 0 Å². The van der Waals surface area contributed by atoms with Crippen molar-refractivity contribution in [3.63, 3.8) is 0 Å². The fourth-order valence-corrected chi connectivity index (χ4v) is 2.61. The zero-order valence-electron chi connectivity index (χ0n) is 12.6. The Hall–Kier alpha value is -2.41. The molecule has 1 aromatic rings. The summed E-state index contributed by atoms with van der Waals surface area (Å²) in [6, 6.07) is 9.79. The lowest BCUT2D eigenvalue weighted by molar-refractivity contribution is -0.173. The Morgan fingerprint density at radius 1 is 1.13 bits per heavy atom.